The number of nitrogen functional groups attached to an aromatic ring is 1. The molecule has 0 aliphatic carbocycles. The van der Waals surface area contributed by atoms with Gasteiger partial charge in [-0.25, -0.2) is 15.0 Å². The lowest BCUT2D eigenvalue weighted by atomic mass is 10.1. The number of nitrogens with zero attached hydrogens (tertiary/aromatic N) is 4. The molecule has 7 heteroatoms. The minimum Gasteiger partial charge on any atom is -0.397 e. The zero-order chi connectivity index (χ0) is 14.8. The number of nitrogens with two attached hydrogens (primary N) is 1. The van der Waals surface area contributed by atoms with Gasteiger partial charge < -0.3 is 10.5 Å². The molecule has 2 aromatic heterocycles. The quantitative estimate of drug-likeness (QED) is 0.748. The lowest BCUT2D eigenvalue weighted by molar-refractivity contribution is 0.201. The van der Waals surface area contributed by atoms with E-state index in [0.29, 0.717) is 29.7 Å². The molecule has 1 aromatic carbocycles. The molecule has 3 aromatic rings. The standard InChI is InChI=1S/C14H14ClN5O/c1-21-7-4-11-12-10(3-2-9(15)13(12)16)18-14(19-11)20-6-5-17-8-20/h2-3,5-6,8H,4,7,16H2,1H3. The van der Waals surface area contributed by atoms with Crippen LogP contribution in [0.25, 0.3) is 16.9 Å². The van der Waals surface area contributed by atoms with Gasteiger partial charge in [0.2, 0.25) is 5.95 Å². The van der Waals surface area contributed by atoms with Crippen LogP contribution in [-0.4, -0.2) is 33.2 Å². The molecule has 108 valence electrons. The third-order valence-electron chi connectivity index (χ3n) is 3.19. The van der Waals surface area contributed by atoms with E-state index in [1.807, 2.05) is 6.07 Å². The highest BCUT2D eigenvalue weighted by Gasteiger charge is 2.13. The van der Waals surface area contributed by atoms with E-state index in [9.17, 15) is 0 Å². The smallest absolute Gasteiger partial charge is 0.235 e. The highest BCUT2D eigenvalue weighted by atomic mass is 35.5. The average Bonchev–Trinajstić information content (AvgIpc) is 3.02. The Morgan fingerprint density at radius 2 is 2.19 bits per heavy atom. The molecule has 2 heterocycles. The van der Waals surface area contributed by atoms with Gasteiger partial charge in [0, 0.05) is 31.3 Å². The summed E-state index contributed by atoms with van der Waals surface area (Å²) in [5.41, 5.74) is 8.15. The summed E-state index contributed by atoms with van der Waals surface area (Å²) in [6.07, 6.45) is 5.75. The Bertz CT molecular complexity index is 773. The Hall–Kier alpha value is -2.18. The summed E-state index contributed by atoms with van der Waals surface area (Å²) < 4.78 is 6.89. The molecular weight excluding hydrogens is 290 g/mol. The molecule has 0 fully saturated rings. The van der Waals surface area contributed by atoms with Gasteiger partial charge in [-0.2, -0.15) is 0 Å². The predicted octanol–water partition coefficient (Wildman–Crippen LogP) is 2.24. The summed E-state index contributed by atoms with van der Waals surface area (Å²) in [5.74, 6) is 0.549. The number of anilines is 1. The van der Waals surface area contributed by atoms with Crippen molar-refractivity contribution in [1.29, 1.82) is 0 Å². The summed E-state index contributed by atoms with van der Waals surface area (Å²) in [7, 11) is 1.65. The molecular formula is C14H14ClN5O. The van der Waals surface area contributed by atoms with Gasteiger partial charge in [-0.1, -0.05) is 11.6 Å². The molecule has 0 aliphatic rings. The van der Waals surface area contributed by atoms with Crippen molar-refractivity contribution in [2.75, 3.05) is 19.5 Å². The molecule has 0 amide bonds. The number of benzene rings is 1. The summed E-state index contributed by atoms with van der Waals surface area (Å²) in [5, 5.41) is 1.28. The Balaban J connectivity index is 2.24. The summed E-state index contributed by atoms with van der Waals surface area (Å²) in [4.78, 5) is 13.1. The topological polar surface area (TPSA) is 78.8 Å². The number of aromatic nitrogens is 4. The van der Waals surface area contributed by atoms with Crippen molar-refractivity contribution >= 4 is 28.2 Å². The molecule has 2 N–H and O–H groups in total. The molecule has 0 atom stereocenters. The fourth-order valence-corrected chi connectivity index (χ4v) is 2.32. The summed E-state index contributed by atoms with van der Waals surface area (Å²) in [6, 6.07) is 3.58. The second kappa shape index (κ2) is 5.67. The Morgan fingerprint density at radius 3 is 2.90 bits per heavy atom. The largest absolute Gasteiger partial charge is 0.397 e. The molecule has 0 spiro atoms. The number of rotatable bonds is 4. The van der Waals surface area contributed by atoms with Crippen molar-refractivity contribution in [2.45, 2.75) is 6.42 Å². The van der Waals surface area contributed by atoms with Crippen LogP contribution in [0.5, 0.6) is 0 Å². The van der Waals surface area contributed by atoms with Gasteiger partial charge in [-0.05, 0) is 12.1 Å². The number of hydrogen-bond acceptors (Lipinski definition) is 5. The van der Waals surface area contributed by atoms with Crippen molar-refractivity contribution in [2.24, 2.45) is 0 Å². The van der Waals surface area contributed by atoms with E-state index in [4.69, 9.17) is 22.1 Å². The monoisotopic (exact) mass is 303 g/mol. The second-order valence-electron chi connectivity index (χ2n) is 4.54. The van der Waals surface area contributed by atoms with Gasteiger partial charge in [0.1, 0.15) is 6.33 Å². The molecule has 0 saturated heterocycles. The predicted molar refractivity (Wildman–Crippen MR) is 81.7 cm³/mol. The highest BCUT2D eigenvalue weighted by molar-refractivity contribution is 6.34. The molecule has 0 radical (unpaired) electrons. The number of halogens is 1. The van der Waals surface area contributed by atoms with E-state index in [0.717, 1.165) is 16.6 Å². The van der Waals surface area contributed by atoms with Crippen LogP contribution in [0, 0.1) is 0 Å². The lowest BCUT2D eigenvalue weighted by Gasteiger charge is -2.11. The van der Waals surface area contributed by atoms with Crippen molar-refractivity contribution < 1.29 is 4.74 Å². The Kier molecular flexibility index (Phi) is 3.72. The maximum absolute atomic E-state index is 6.11. The van der Waals surface area contributed by atoms with Crippen molar-refractivity contribution in [3.63, 3.8) is 0 Å². The van der Waals surface area contributed by atoms with Gasteiger partial charge in [-0.15, -0.1) is 0 Å². The van der Waals surface area contributed by atoms with E-state index in [-0.39, 0.29) is 0 Å². The van der Waals surface area contributed by atoms with Crippen LogP contribution < -0.4 is 5.73 Å². The maximum atomic E-state index is 6.11. The van der Waals surface area contributed by atoms with E-state index < -0.39 is 0 Å². The fourth-order valence-electron chi connectivity index (χ4n) is 2.16. The minimum atomic E-state index is 0.498. The molecule has 0 bridgehead atoms. The van der Waals surface area contributed by atoms with Crippen LogP contribution in [0.3, 0.4) is 0 Å². The zero-order valence-corrected chi connectivity index (χ0v) is 12.2. The SMILES string of the molecule is COCCc1nc(-n2ccnc2)nc2ccc(Cl)c(N)c12. The van der Waals surface area contributed by atoms with Crippen molar-refractivity contribution in [3.05, 3.63) is 41.6 Å². The molecule has 0 unspecified atom stereocenters. The molecule has 21 heavy (non-hydrogen) atoms. The second-order valence-corrected chi connectivity index (χ2v) is 4.95. The summed E-state index contributed by atoms with van der Waals surface area (Å²) >= 11 is 6.11. The van der Waals surface area contributed by atoms with Gasteiger partial charge in [-0.3, -0.25) is 4.57 Å². The first-order valence-corrected chi connectivity index (χ1v) is 6.80. The number of methoxy groups -OCH3 is 1. The normalized spacial score (nSPS) is 11.1. The van der Waals surface area contributed by atoms with E-state index >= 15 is 0 Å². The first kappa shape index (κ1) is 13.8. The van der Waals surface area contributed by atoms with Gasteiger partial charge >= 0.3 is 0 Å². The van der Waals surface area contributed by atoms with Gasteiger partial charge in [0.25, 0.3) is 0 Å². The third kappa shape index (κ3) is 2.55. The first-order chi connectivity index (χ1) is 10.2. The van der Waals surface area contributed by atoms with Crippen LogP contribution >= 0.6 is 11.6 Å². The van der Waals surface area contributed by atoms with E-state index in [1.165, 1.54) is 0 Å². The minimum absolute atomic E-state index is 0.498. The van der Waals surface area contributed by atoms with Crippen molar-refractivity contribution in [1.82, 2.24) is 19.5 Å². The number of imidazole rings is 1. The Labute approximate surface area is 126 Å². The fraction of sp³-hybridized carbons (Fsp3) is 0.214. The number of hydrogen-bond donors (Lipinski definition) is 1. The lowest BCUT2D eigenvalue weighted by Crippen LogP contribution is -2.07. The van der Waals surface area contributed by atoms with Crippen LogP contribution in [0.1, 0.15) is 5.69 Å². The van der Waals surface area contributed by atoms with Crippen LogP contribution in [0.2, 0.25) is 5.02 Å². The van der Waals surface area contributed by atoms with Crippen LogP contribution in [-0.2, 0) is 11.2 Å². The van der Waals surface area contributed by atoms with Gasteiger partial charge in [0.15, 0.2) is 0 Å². The highest BCUT2D eigenvalue weighted by Crippen LogP contribution is 2.30. The number of fused-ring (bicyclic) bond motifs is 1. The van der Waals surface area contributed by atoms with Crippen molar-refractivity contribution in [3.8, 4) is 5.95 Å². The van der Waals surface area contributed by atoms with E-state index in [2.05, 4.69) is 15.0 Å². The summed E-state index contributed by atoms with van der Waals surface area (Å²) in [6.45, 7) is 0.543. The van der Waals surface area contributed by atoms with Gasteiger partial charge in [0.05, 0.1) is 28.5 Å². The number of ether oxygens (including phenoxy) is 1. The Morgan fingerprint density at radius 1 is 1.33 bits per heavy atom. The molecule has 0 aliphatic heterocycles. The average molecular weight is 304 g/mol. The molecule has 3 rings (SSSR count). The van der Waals surface area contributed by atoms with Crippen LogP contribution in [0.15, 0.2) is 30.9 Å². The molecule has 0 saturated carbocycles. The van der Waals surface area contributed by atoms with Crippen LogP contribution in [0.4, 0.5) is 5.69 Å². The maximum Gasteiger partial charge on any atom is 0.235 e. The third-order valence-corrected chi connectivity index (χ3v) is 3.52. The molecule has 6 nitrogen and oxygen atoms in total. The zero-order valence-electron chi connectivity index (χ0n) is 11.5. The first-order valence-electron chi connectivity index (χ1n) is 6.42. The van der Waals surface area contributed by atoms with E-state index in [1.54, 1.807) is 36.5 Å².